The molecule has 0 saturated carbocycles. The van der Waals surface area contributed by atoms with E-state index in [2.05, 4.69) is 20.3 Å². The number of hydrogen-bond acceptors (Lipinski definition) is 4. The number of nitrogens with one attached hydrogen (secondary N) is 1. The van der Waals surface area contributed by atoms with Crippen LogP contribution >= 0.6 is 0 Å². The highest BCUT2D eigenvalue weighted by Crippen LogP contribution is 2.27. The van der Waals surface area contributed by atoms with E-state index in [1.807, 2.05) is 6.07 Å². The van der Waals surface area contributed by atoms with E-state index in [9.17, 15) is 13.6 Å². The summed E-state index contributed by atoms with van der Waals surface area (Å²) >= 11 is 0. The van der Waals surface area contributed by atoms with E-state index in [1.165, 1.54) is 6.07 Å². The predicted molar refractivity (Wildman–Crippen MR) is 87.7 cm³/mol. The average Bonchev–Trinajstić information content (AvgIpc) is 2.98. The van der Waals surface area contributed by atoms with Gasteiger partial charge < -0.3 is 14.6 Å². The van der Waals surface area contributed by atoms with Crippen LogP contribution in [0.4, 0.5) is 8.78 Å². The number of aromatic nitrogens is 3. The molecule has 3 rings (SSSR count). The summed E-state index contributed by atoms with van der Waals surface area (Å²) in [5.74, 6) is 0.0977. The summed E-state index contributed by atoms with van der Waals surface area (Å²) in [5, 5.41) is 11.8. The molecule has 0 aliphatic rings. The fourth-order valence-corrected chi connectivity index (χ4v) is 2.51. The van der Waals surface area contributed by atoms with Gasteiger partial charge in [-0.3, -0.25) is 4.79 Å². The zero-order chi connectivity index (χ0) is 17.8. The molecule has 0 aliphatic heterocycles. The van der Waals surface area contributed by atoms with Gasteiger partial charge in [0.1, 0.15) is 17.9 Å². The minimum Gasteiger partial charge on any atom is -0.434 e. The Kier molecular flexibility index (Phi) is 4.87. The van der Waals surface area contributed by atoms with E-state index in [0.717, 1.165) is 16.6 Å². The van der Waals surface area contributed by atoms with Gasteiger partial charge in [-0.2, -0.15) is 8.78 Å². The number of carbonyl (C=O) groups excluding carboxylic acids is 1. The average molecular weight is 346 g/mol. The fourth-order valence-electron chi connectivity index (χ4n) is 2.51. The number of halogens is 2. The second kappa shape index (κ2) is 7.25. The first-order valence-corrected chi connectivity index (χ1v) is 7.65. The van der Waals surface area contributed by atoms with E-state index in [0.29, 0.717) is 13.1 Å². The minimum atomic E-state index is -3.01. The first-order chi connectivity index (χ1) is 12.0. The lowest BCUT2D eigenvalue weighted by Crippen LogP contribution is -2.28. The first kappa shape index (κ1) is 16.8. The summed E-state index contributed by atoms with van der Waals surface area (Å²) in [5.41, 5.74) is 0.0690. The Balaban J connectivity index is 1.79. The standard InChI is InChI=1S/C17H16F2N4O2/c1-11-22-21-10-23(11)7-6-20-16(24)14-8-12-4-2-3-5-13(12)9-15(14)25-17(18)19/h2-5,8-10,17H,6-7H2,1H3,(H,20,24). The highest BCUT2D eigenvalue weighted by Gasteiger charge is 2.17. The van der Waals surface area contributed by atoms with Gasteiger partial charge in [0.25, 0.3) is 5.91 Å². The molecule has 0 unspecified atom stereocenters. The maximum absolute atomic E-state index is 12.7. The van der Waals surface area contributed by atoms with Crippen molar-refractivity contribution >= 4 is 16.7 Å². The Labute approximate surface area is 142 Å². The van der Waals surface area contributed by atoms with Crippen molar-refractivity contribution in [2.75, 3.05) is 6.54 Å². The molecule has 1 aromatic heterocycles. The lowest BCUT2D eigenvalue weighted by Gasteiger charge is -2.13. The molecule has 2 aromatic carbocycles. The van der Waals surface area contributed by atoms with Crippen LogP contribution in [0.25, 0.3) is 10.8 Å². The van der Waals surface area contributed by atoms with Crippen LogP contribution in [0.3, 0.4) is 0 Å². The molecule has 0 bridgehead atoms. The Hall–Kier alpha value is -3.03. The normalized spacial score (nSPS) is 11.0. The molecule has 3 aromatic rings. The Bertz CT molecular complexity index is 895. The van der Waals surface area contributed by atoms with Gasteiger partial charge in [-0.25, -0.2) is 0 Å². The number of alkyl halides is 2. The van der Waals surface area contributed by atoms with Gasteiger partial charge in [0.2, 0.25) is 0 Å². The number of hydrogen-bond donors (Lipinski definition) is 1. The third kappa shape index (κ3) is 3.90. The van der Waals surface area contributed by atoms with Gasteiger partial charge >= 0.3 is 6.61 Å². The summed E-state index contributed by atoms with van der Waals surface area (Å²) in [4.78, 5) is 12.4. The number of benzene rings is 2. The Morgan fingerprint density at radius 3 is 2.64 bits per heavy atom. The van der Waals surface area contributed by atoms with Crippen LogP contribution in [0.2, 0.25) is 0 Å². The topological polar surface area (TPSA) is 69.0 Å². The second-order valence-corrected chi connectivity index (χ2v) is 5.40. The zero-order valence-electron chi connectivity index (χ0n) is 13.4. The highest BCUT2D eigenvalue weighted by molar-refractivity contribution is 6.01. The molecule has 1 heterocycles. The molecule has 1 N–H and O–H groups in total. The number of carbonyl (C=O) groups is 1. The number of nitrogens with zero attached hydrogens (tertiary/aromatic N) is 3. The molecule has 0 spiro atoms. The molecule has 0 atom stereocenters. The van der Waals surface area contributed by atoms with E-state index in [4.69, 9.17) is 0 Å². The second-order valence-electron chi connectivity index (χ2n) is 5.40. The number of fused-ring (bicyclic) bond motifs is 1. The number of amides is 1. The monoisotopic (exact) mass is 346 g/mol. The van der Waals surface area contributed by atoms with Crippen LogP contribution in [0, 0.1) is 6.92 Å². The summed E-state index contributed by atoms with van der Waals surface area (Å²) in [7, 11) is 0. The summed E-state index contributed by atoms with van der Waals surface area (Å²) in [6, 6.07) is 10.2. The van der Waals surface area contributed by atoms with Gasteiger partial charge in [-0.05, 0) is 29.8 Å². The molecule has 1 amide bonds. The quantitative estimate of drug-likeness (QED) is 0.745. The molecule has 25 heavy (non-hydrogen) atoms. The van der Waals surface area contributed by atoms with Crippen LogP contribution in [0.5, 0.6) is 5.75 Å². The van der Waals surface area contributed by atoms with E-state index in [1.54, 1.807) is 42.1 Å². The zero-order valence-corrected chi connectivity index (χ0v) is 13.4. The van der Waals surface area contributed by atoms with E-state index in [-0.39, 0.29) is 11.3 Å². The number of rotatable bonds is 6. The lowest BCUT2D eigenvalue weighted by atomic mass is 10.1. The molecule has 6 nitrogen and oxygen atoms in total. The van der Waals surface area contributed by atoms with Gasteiger partial charge in [-0.15, -0.1) is 10.2 Å². The van der Waals surface area contributed by atoms with Crippen molar-refractivity contribution in [2.45, 2.75) is 20.1 Å². The lowest BCUT2D eigenvalue weighted by molar-refractivity contribution is -0.0500. The van der Waals surface area contributed by atoms with Crippen LogP contribution in [-0.4, -0.2) is 33.8 Å². The molecule has 0 aliphatic carbocycles. The van der Waals surface area contributed by atoms with Gasteiger partial charge in [0.15, 0.2) is 0 Å². The highest BCUT2D eigenvalue weighted by atomic mass is 19.3. The van der Waals surface area contributed by atoms with Crippen LogP contribution in [0.1, 0.15) is 16.2 Å². The van der Waals surface area contributed by atoms with Crippen molar-refractivity contribution in [2.24, 2.45) is 0 Å². The van der Waals surface area contributed by atoms with Gasteiger partial charge in [0.05, 0.1) is 5.56 Å². The van der Waals surface area contributed by atoms with Crippen LogP contribution < -0.4 is 10.1 Å². The van der Waals surface area contributed by atoms with Crippen molar-refractivity contribution < 1.29 is 18.3 Å². The molecule has 8 heteroatoms. The summed E-state index contributed by atoms with van der Waals surface area (Å²) < 4.78 is 31.7. The number of aryl methyl sites for hydroxylation is 1. The SMILES string of the molecule is Cc1nncn1CCNC(=O)c1cc2ccccc2cc1OC(F)F. The molecular formula is C17H16F2N4O2. The van der Waals surface area contributed by atoms with Crippen molar-refractivity contribution in [3.05, 3.63) is 54.1 Å². The minimum absolute atomic E-state index is 0.0690. The van der Waals surface area contributed by atoms with E-state index < -0.39 is 12.5 Å². The first-order valence-electron chi connectivity index (χ1n) is 7.65. The summed E-state index contributed by atoms with van der Waals surface area (Å²) in [6.45, 7) is -0.429. The van der Waals surface area contributed by atoms with Crippen molar-refractivity contribution in [3.8, 4) is 5.75 Å². The summed E-state index contributed by atoms with van der Waals surface area (Å²) in [6.07, 6.45) is 1.56. The van der Waals surface area contributed by atoms with Gasteiger partial charge in [-0.1, -0.05) is 24.3 Å². The Morgan fingerprint density at radius 2 is 2.00 bits per heavy atom. The van der Waals surface area contributed by atoms with E-state index >= 15 is 0 Å². The third-order valence-corrected chi connectivity index (χ3v) is 3.76. The van der Waals surface area contributed by atoms with Crippen molar-refractivity contribution in [3.63, 3.8) is 0 Å². The maximum Gasteiger partial charge on any atom is 0.387 e. The maximum atomic E-state index is 12.7. The smallest absolute Gasteiger partial charge is 0.387 e. The van der Waals surface area contributed by atoms with Crippen LogP contribution in [-0.2, 0) is 6.54 Å². The third-order valence-electron chi connectivity index (χ3n) is 3.76. The molecule has 0 saturated heterocycles. The molecular weight excluding hydrogens is 330 g/mol. The molecule has 0 radical (unpaired) electrons. The van der Waals surface area contributed by atoms with Crippen LogP contribution in [0.15, 0.2) is 42.7 Å². The Morgan fingerprint density at radius 1 is 1.28 bits per heavy atom. The number of ether oxygens (including phenoxy) is 1. The molecule has 130 valence electrons. The predicted octanol–water partition coefficient (Wildman–Crippen LogP) is 2.77. The van der Waals surface area contributed by atoms with Gasteiger partial charge in [0, 0.05) is 13.1 Å². The largest absolute Gasteiger partial charge is 0.434 e. The van der Waals surface area contributed by atoms with Crippen molar-refractivity contribution in [1.82, 2.24) is 20.1 Å². The fraction of sp³-hybridized carbons (Fsp3) is 0.235. The molecule has 0 fully saturated rings. The van der Waals surface area contributed by atoms with Crippen molar-refractivity contribution in [1.29, 1.82) is 0 Å².